The Hall–Kier alpha value is -2.75. The molecule has 1 amide bonds. The minimum Gasteiger partial charge on any atom is -0.506 e. The highest BCUT2D eigenvalue weighted by molar-refractivity contribution is 6.32. The van der Waals surface area contributed by atoms with Crippen molar-refractivity contribution in [1.29, 1.82) is 5.26 Å². The molecule has 1 atom stereocenters. The number of rotatable bonds is 4. The molecular formula is C20H21ClN4O2. The van der Waals surface area contributed by atoms with Crippen molar-refractivity contribution in [3.8, 4) is 11.8 Å². The number of phenols is 1. The lowest BCUT2D eigenvalue weighted by Gasteiger charge is -2.38. The maximum atomic E-state index is 12.6. The summed E-state index contributed by atoms with van der Waals surface area (Å²) < 4.78 is 0. The molecule has 0 radical (unpaired) electrons. The van der Waals surface area contributed by atoms with Gasteiger partial charge in [-0.3, -0.25) is 9.69 Å². The molecule has 0 unspecified atom stereocenters. The van der Waals surface area contributed by atoms with E-state index < -0.39 is 0 Å². The lowest BCUT2D eigenvalue weighted by atomic mass is 10.1. The van der Waals surface area contributed by atoms with Crippen LogP contribution in [0.15, 0.2) is 42.5 Å². The fraction of sp³-hybridized carbons (Fsp3) is 0.300. The monoisotopic (exact) mass is 384 g/mol. The highest BCUT2D eigenvalue weighted by atomic mass is 35.5. The molecule has 1 saturated heterocycles. The number of piperazine rings is 1. The van der Waals surface area contributed by atoms with Gasteiger partial charge in [-0.25, -0.2) is 0 Å². The molecule has 6 nitrogen and oxygen atoms in total. The topological polar surface area (TPSA) is 79.6 Å². The van der Waals surface area contributed by atoms with Crippen LogP contribution in [0, 0.1) is 11.3 Å². The van der Waals surface area contributed by atoms with E-state index in [0.717, 1.165) is 31.9 Å². The Morgan fingerprint density at radius 1 is 1.22 bits per heavy atom. The maximum Gasteiger partial charge on any atom is 0.241 e. The molecule has 2 aromatic carbocycles. The third kappa shape index (κ3) is 4.33. The first kappa shape index (κ1) is 19.0. The number of anilines is 2. The summed E-state index contributed by atoms with van der Waals surface area (Å²) in [5.41, 5.74) is 1.77. The number of carbonyl (C=O) groups excluding carboxylic acids is 1. The van der Waals surface area contributed by atoms with Gasteiger partial charge >= 0.3 is 0 Å². The zero-order valence-corrected chi connectivity index (χ0v) is 15.8. The molecule has 2 N–H and O–H groups in total. The van der Waals surface area contributed by atoms with Crippen molar-refractivity contribution in [2.45, 2.75) is 13.0 Å². The van der Waals surface area contributed by atoms with Crippen LogP contribution in [0.3, 0.4) is 0 Å². The largest absolute Gasteiger partial charge is 0.506 e. The molecule has 140 valence electrons. The summed E-state index contributed by atoms with van der Waals surface area (Å²) in [5, 5.41) is 22.1. The molecule has 0 aliphatic carbocycles. The minimum atomic E-state index is -0.300. The van der Waals surface area contributed by atoms with Crippen molar-refractivity contribution in [3.63, 3.8) is 0 Å². The molecule has 0 spiro atoms. The van der Waals surface area contributed by atoms with Crippen molar-refractivity contribution in [3.05, 3.63) is 53.1 Å². The highest BCUT2D eigenvalue weighted by Crippen LogP contribution is 2.27. The lowest BCUT2D eigenvalue weighted by Crippen LogP contribution is -2.52. The molecule has 1 fully saturated rings. The molecule has 27 heavy (non-hydrogen) atoms. The van der Waals surface area contributed by atoms with E-state index in [4.69, 9.17) is 16.9 Å². The molecular weight excluding hydrogens is 364 g/mol. The Morgan fingerprint density at radius 3 is 2.56 bits per heavy atom. The summed E-state index contributed by atoms with van der Waals surface area (Å²) >= 11 is 6.02. The SMILES string of the molecule is C[C@H](C(=O)Nc1ccc(C#N)c(Cl)c1)N1CCN(c2ccccc2O)CC1. The van der Waals surface area contributed by atoms with Gasteiger partial charge in [0.05, 0.1) is 22.3 Å². The van der Waals surface area contributed by atoms with Crippen LogP contribution < -0.4 is 10.2 Å². The summed E-state index contributed by atoms with van der Waals surface area (Å²) in [7, 11) is 0. The molecule has 1 aliphatic heterocycles. The van der Waals surface area contributed by atoms with Gasteiger partial charge in [-0.15, -0.1) is 0 Å². The van der Waals surface area contributed by atoms with Crippen molar-refractivity contribution < 1.29 is 9.90 Å². The summed E-state index contributed by atoms with van der Waals surface area (Å²) in [5.74, 6) is 0.154. The number of aromatic hydroxyl groups is 1. The Bertz CT molecular complexity index is 873. The third-order valence-electron chi connectivity index (χ3n) is 4.82. The van der Waals surface area contributed by atoms with Gasteiger partial charge in [0.25, 0.3) is 0 Å². The Kier molecular flexibility index (Phi) is 5.84. The fourth-order valence-electron chi connectivity index (χ4n) is 3.18. The van der Waals surface area contributed by atoms with Gasteiger partial charge in [0, 0.05) is 31.9 Å². The van der Waals surface area contributed by atoms with Gasteiger partial charge in [-0.05, 0) is 37.3 Å². The summed E-state index contributed by atoms with van der Waals surface area (Å²) in [6.45, 7) is 4.78. The van der Waals surface area contributed by atoms with Crippen LogP contribution >= 0.6 is 11.6 Å². The second kappa shape index (κ2) is 8.30. The van der Waals surface area contributed by atoms with Crippen LogP contribution in [-0.2, 0) is 4.79 Å². The number of phenolic OH excluding ortho intramolecular Hbond substituents is 1. The van der Waals surface area contributed by atoms with E-state index in [2.05, 4.69) is 15.1 Å². The van der Waals surface area contributed by atoms with Crippen molar-refractivity contribution in [2.75, 3.05) is 36.4 Å². The van der Waals surface area contributed by atoms with E-state index >= 15 is 0 Å². The number of benzene rings is 2. The summed E-state index contributed by atoms with van der Waals surface area (Å²) in [6, 6.07) is 13.8. The summed E-state index contributed by atoms with van der Waals surface area (Å²) in [4.78, 5) is 16.8. The predicted molar refractivity (Wildman–Crippen MR) is 106 cm³/mol. The molecule has 1 heterocycles. The normalized spacial score (nSPS) is 15.8. The molecule has 0 aromatic heterocycles. The molecule has 2 aromatic rings. The number of hydrogen-bond acceptors (Lipinski definition) is 5. The number of nitrogens with one attached hydrogen (secondary N) is 1. The van der Waals surface area contributed by atoms with E-state index in [1.165, 1.54) is 0 Å². The van der Waals surface area contributed by atoms with Crippen LogP contribution in [-0.4, -0.2) is 48.1 Å². The van der Waals surface area contributed by atoms with Crippen molar-refractivity contribution in [2.24, 2.45) is 0 Å². The number of amides is 1. The second-order valence-electron chi connectivity index (χ2n) is 6.48. The van der Waals surface area contributed by atoms with Gasteiger partial charge in [0.1, 0.15) is 11.8 Å². The van der Waals surface area contributed by atoms with E-state index in [1.807, 2.05) is 25.1 Å². The van der Waals surface area contributed by atoms with Crippen LogP contribution in [0.1, 0.15) is 12.5 Å². The molecule has 1 aliphatic rings. The van der Waals surface area contributed by atoms with Crippen molar-refractivity contribution in [1.82, 2.24) is 4.90 Å². The van der Waals surface area contributed by atoms with E-state index in [9.17, 15) is 9.90 Å². The number of nitrogens with zero attached hydrogens (tertiary/aromatic N) is 3. The molecule has 0 bridgehead atoms. The average molecular weight is 385 g/mol. The van der Waals surface area contributed by atoms with Crippen molar-refractivity contribution >= 4 is 28.9 Å². The first-order valence-corrected chi connectivity index (χ1v) is 9.15. The molecule has 3 rings (SSSR count). The van der Waals surface area contributed by atoms with E-state index in [0.29, 0.717) is 16.3 Å². The zero-order valence-electron chi connectivity index (χ0n) is 15.0. The Morgan fingerprint density at radius 2 is 1.93 bits per heavy atom. The standard InChI is InChI=1S/C20H21ClN4O2/c1-14(20(27)23-16-7-6-15(13-22)17(21)12-16)24-8-10-25(11-9-24)18-4-2-3-5-19(18)26/h2-7,12,14,26H,8-11H2,1H3,(H,23,27)/t14-/m1/s1. The van der Waals surface area contributed by atoms with Crippen LogP contribution in [0.25, 0.3) is 0 Å². The van der Waals surface area contributed by atoms with Crippen LogP contribution in [0.5, 0.6) is 5.75 Å². The molecule has 0 saturated carbocycles. The second-order valence-corrected chi connectivity index (χ2v) is 6.89. The van der Waals surface area contributed by atoms with Gasteiger partial charge in [-0.1, -0.05) is 23.7 Å². The van der Waals surface area contributed by atoms with E-state index in [-0.39, 0.29) is 17.7 Å². The highest BCUT2D eigenvalue weighted by Gasteiger charge is 2.26. The Balaban J connectivity index is 1.58. The average Bonchev–Trinajstić information content (AvgIpc) is 2.68. The number of halogens is 1. The first-order chi connectivity index (χ1) is 13.0. The predicted octanol–water partition coefficient (Wildman–Crippen LogP) is 3.07. The smallest absolute Gasteiger partial charge is 0.241 e. The maximum absolute atomic E-state index is 12.6. The van der Waals surface area contributed by atoms with Crippen LogP contribution in [0.4, 0.5) is 11.4 Å². The Labute approximate surface area is 163 Å². The number of hydrogen-bond donors (Lipinski definition) is 2. The number of nitriles is 1. The molecule has 7 heteroatoms. The van der Waals surface area contributed by atoms with E-state index in [1.54, 1.807) is 30.3 Å². The fourth-order valence-corrected chi connectivity index (χ4v) is 3.40. The third-order valence-corrected chi connectivity index (χ3v) is 5.13. The minimum absolute atomic E-state index is 0.119. The first-order valence-electron chi connectivity index (χ1n) is 8.77. The zero-order chi connectivity index (χ0) is 19.4. The number of para-hydroxylation sites is 2. The number of carbonyl (C=O) groups is 1. The van der Waals surface area contributed by atoms with Gasteiger partial charge in [0.15, 0.2) is 0 Å². The van der Waals surface area contributed by atoms with Gasteiger partial charge < -0.3 is 15.3 Å². The lowest BCUT2D eigenvalue weighted by molar-refractivity contribution is -0.120. The summed E-state index contributed by atoms with van der Waals surface area (Å²) in [6.07, 6.45) is 0. The van der Waals surface area contributed by atoms with Gasteiger partial charge in [-0.2, -0.15) is 5.26 Å². The van der Waals surface area contributed by atoms with Crippen LogP contribution in [0.2, 0.25) is 5.02 Å². The van der Waals surface area contributed by atoms with Gasteiger partial charge in [0.2, 0.25) is 5.91 Å². The quantitative estimate of drug-likeness (QED) is 0.846.